The van der Waals surface area contributed by atoms with Crippen LogP contribution in [0.1, 0.15) is 46.0 Å². The van der Waals surface area contributed by atoms with Gasteiger partial charge in [-0.15, -0.1) is 0 Å². The molecule has 0 aromatic rings. The Morgan fingerprint density at radius 2 is 1.90 bits per heavy atom. The van der Waals surface area contributed by atoms with E-state index in [1.54, 1.807) is 13.8 Å². The number of hydrogen-bond donors (Lipinski definition) is 2. The maximum atomic E-state index is 12.3. The Bertz CT molecular complexity index is 367. The van der Waals surface area contributed by atoms with E-state index >= 15 is 0 Å². The minimum atomic E-state index is -0.498. The molecular weight excluding hydrogens is 483 g/mol. The number of carbonyl (C=O) groups excluding carboxylic acids is 1. The number of aliphatic hydroxyl groups excluding tert-OH is 2. The maximum Gasteiger partial charge on any atom is 0.309 e. The summed E-state index contributed by atoms with van der Waals surface area (Å²) in [5.74, 6) is 0.757. The molecule has 1 fully saturated rings. The normalized spacial score (nSPS) is 30.6. The van der Waals surface area contributed by atoms with Gasteiger partial charge in [-0.25, -0.2) is 0 Å². The first-order chi connectivity index (χ1) is 9.45. The molecule has 2 aliphatic carbocycles. The van der Waals surface area contributed by atoms with Gasteiger partial charge in [-0.1, -0.05) is 12.2 Å². The van der Waals surface area contributed by atoms with Crippen molar-refractivity contribution in [3.63, 3.8) is 0 Å². The average Bonchev–Trinajstić information content (AvgIpc) is 2.97. The van der Waals surface area contributed by atoms with Crippen LogP contribution in [-0.4, -0.2) is 34.5 Å². The topological polar surface area (TPSA) is 66.8 Å². The molecule has 6 atom stereocenters. The number of allylic oxidation sites excluding steroid dienone is 2. The van der Waals surface area contributed by atoms with Crippen molar-refractivity contribution >= 4 is 5.97 Å². The van der Waals surface area contributed by atoms with Crippen molar-refractivity contribution in [1.82, 2.24) is 0 Å². The molecule has 0 amide bonds. The van der Waals surface area contributed by atoms with Gasteiger partial charge in [0.1, 0.15) is 6.10 Å². The van der Waals surface area contributed by atoms with Gasteiger partial charge in [-0.2, -0.15) is 0 Å². The summed E-state index contributed by atoms with van der Waals surface area (Å²) in [5.41, 5.74) is 0. The second kappa shape index (κ2) is 9.01. The van der Waals surface area contributed by atoms with Gasteiger partial charge < -0.3 is 14.9 Å². The second-order valence-electron chi connectivity index (χ2n) is 6.46. The molecule has 4 nitrogen and oxygen atoms in total. The molecule has 1 radical (unpaired) electrons. The second-order valence-corrected chi connectivity index (χ2v) is 6.46. The molecule has 0 aromatic heterocycles. The number of carbonyl (C=O) groups is 1. The molecule has 2 bridgehead atoms. The number of ether oxygens (including phenoxy) is 1. The van der Waals surface area contributed by atoms with Crippen molar-refractivity contribution in [3.8, 4) is 0 Å². The number of hydrogen-bond acceptors (Lipinski definition) is 4. The molecule has 0 saturated heterocycles. The van der Waals surface area contributed by atoms with Crippen LogP contribution in [0.2, 0.25) is 0 Å². The molecule has 1 saturated carbocycles. The SMILES string of the molecule is CC(O)CCC(CC(C)O)OC(=O)C1CC2C=CC1C2.[Ac]. The number of rotatable bonds is 7. The molecule has 0 heterocycles. The van der Waals surface area contributed by atoms with Gasteiger partial charge in [0, 0.05) is 50.5 Å². The standard InChI is InChI=1S/C16H26O4.Ac/c1-10(17)3-6-14(7-11(2)18)20-16(19)15-9-12-4-5-13(15)8-12;/h4-5,10-15,17-18H,3,6-9H2,1-2H3;. The van der Waals surface area contributed by atoms with Gasteiger partial charge in [-0.05, 0) is 51.4 Å². The molecule has 2 rings (SSSR count). The van der Waals surface area contributed by atoms with Crippen LogP contribution in [0.4, 0.5) is 0 Å². The van der Waals surface area contributed by atoms with Crippen LogP contribution in [0.3, 0.4) is 0 Å². The molecule has 0 aliphatic heterocycles. The van der Waals surface area contributed by atoms with Crippen LogP contribution >= 0.6 is 0 Å². The van der Waals surface area contributed by atoms with Crippen LogP contribution < -0.4 is 0 Å². The molecule has 2 aliphatic rings. The Kier molecular flexibility index (Phi) is 8.42. The van der Waals surface area contributed by atoms with Gasteiger partial charge in [-0.3, -0.25) is 4.79 Å². The summed E-state index contributed by atoms with van der Waals surface area (Å²) in [6, 6.07) is 0. The van der Waals surface area contributed by atoms with Crippen LogP contribution in [-0.2, 0) is 9.53 Å². The molecule has 2 N–H and O–H groups in total. The van der Waals surface area contributed by atoms with E-state index in [4.69, 9.17) is 4.74 Å². The monoisotopic (exact) mass is 509 g/mol. The quantitative estimate of drug-likeness (QED) is 0.408. The predicted octanol–water partition coefficient (Wildman–Crippen LogP) is 2.04. The zero-order valence-corrected chi connectivity index (χ0v) is 17.7. The van der Waals surface area contributed by atoms with E-state index in [0.717, 1.165) is 12.8 Å². The number of esters is 1. The van der Waals surface area contributed by atoms with Gasteiger partial charge in [0.25, 0.3) is 0 Å². The fraction of sp³-hybridized carbons (Fsp3) is 0.812. The number of aliphatic hydroxyl groups is 2. The van der Waals surface area contributed by atoms with Gasteiger partial charge in [0.05, 0.1) is 18.1 Å². The van der Waals surface area contributed by atoms with Crippen LogP contribution in [0.5, 0.6) is 0 Å². The van der Waals surface area contributed by atoms with Crippen LogP contribution in [0, 0.1) is 61.8 Å². The Hall–Kier alpha value is 0.572. The summed E-state index contributed by atoms with van der Waals surface area (Å²) < 4.78 is 5.60. The fourth-order valence-electron chi connectivity index (χ4n) is 3.34. The number of fused-ring (bicyclic) bond motifs is 2. The minimum absolute atomic E-state index is 0. The van der Waals surface area contributed by atoms with Gasteiger partial charge in [0.15, 0.2) is 0 Å². The average molecular weight is 509 g/mol. The zero-order valence-electron chi connectivity index (χ0n) is 12.9. The first kappa shape index (κ1) is 19.6. The van der Waals surface area contributed by atoms with E-state index in [9.17, 15) is 15.0 Å². The van der Waals surface area contributed by atoms with E-state index < -0.39 is 12.2 Å². The molecule has 5 heteroatoms. The van der Waals surface area contributed by atoms with E-state index in [1.165, 1.54) is 0 Å². The summed E-state index contributed by atoms with van der Waals surface area (Å²) in [6.45, 7) is 3.42. The van der Waals surface area contributed by atoms with Crippen molar-refractivity contribution in [2.24, 2.45) is 17.8 Å². The predicted molar refractivity (Wildman–Crippen MR) is 75.9 cm³/mol. The largest absolute Gasteiger partial charge is 0.462 e. The van der Waals surface area contributed by atoms with Crippen molar-refractivity contribution in [3.05, 3.63) is 12.2 Å². The zero-order chi connectivity index (χ0) is 14.7. The van der Waals surface area contributed by atoms with Crippen molar-refractivity contribution in [1.29, 1.82) is 0 Å². The molecule has 0 aromatic carbocycles. The van der Waals surface area contributed by atoms with Crippen LogP contribution in [0.25, 0.3) is 0 Å². The first-order valence-corrected chi connectivity index (χ1v) is 7.70. The third-order valence-corrected chi connectivity index (χ3v) is 4.37. The fourth-order valence-corrected chi connectivity index (χ4v) is 3.34. The van der Waals surface area contributed by atoms with Crippen molar-refractivity contribution in [2.75, 3.05) is 0 Å². The summed E-state index contributed by atoms with van der Waals surface area (Å²) in [5, 5.41) is 18.9. The Balaban J connectivity index is 0.00000220. The Labute approximate surface area is 162 Å². The van der Waals surface area contributed by atoms with Crippen molar-refractivity contribution < 1.29 is 63.8 Å². The Morgan fingerprint density at radius 1 is 1.19 bits per heavy atom. The third kappa shape index (κ3) is 5.94. The molecular formula is C16H26AcO4. The molecule has 0 spiro atoms. The van der Waals surface area contributed by atoms with Crippen molar-refractivity contribution in [2.45, 2.75) is 64.3 Å². The van der Waals surface area contributed by atoms with E-state index in [-0.39, 0.29) is 62.1 Å². The molecule has 6 unspecified atom stereocenters. The minimum Gasteiger partial charge on any atom is -0.462 e. The smallest absolute Gasteiger partial charge is 0.309 e. The molecule has 21 heavy (non-hydrogen) atoms. The summed E-state index contributed by atoms with van der Waals surface area (Å²) >= 11 is 0. The first-order valence-electron chi connectivity index (χ1n) is 7.70. The third-order valence-electron chi connectivity index (χ3n) is 4.37. The molecule has 117 valence electrons. The van der Waals surface area contributed by atoms with E-state index in [0.29, 0.717) is 31.1 Å². The van der Waals surface area contributed by atoms with E-state index in [2.05, 4.69) is 12.2 Å². The summed E-state index contributed by atoms with van der Waals surface area (Å²) in [4.78, 5) is 12.3. The summed E-state index contributed by atoms with van der Waals surface area (Å²) in [6.07, 6.45) is 6.75. The van der Waals surface area contributed by atoms with Crippen LogP contribution in [0.15, 0.2) is 12.2 Å². The Morgan fingerprint density at radius 3 is 2.38 bits per heavy atom. The maximum absolute atomic E-state index is 12.3. The van der Waals surface area contributed by atoms with Gasteiger partial charge >= 0.3 is 5.97 Å². The summed E-state index contributed by atoms with van der Waals surface area (Å²) in [7, 11) is 0. The van der Waals surface area contributed by atoms with E-state index in [1.807, 2.05) is 0 Å². The van der Waals surface area contributed by atoms with Gasteiger partial charge in [0.2, 0.25) is 0 Å².